The van der Waals surface area contributed by atoms with Gasteiger partial charge in [0.05, 0.1) is 6.54 Å². The molecule has 1 aromatic rings. The van der Waals surface area contributed by atoms with Crippen LogP contribution in [-0.4, -0.2) is 23.4 Å². The van der Waals surface area contributed by atoms with Crippen molar-refractivity contribution in [2.24, 2.45) is 17.6 Å². The molecule has 110 valence electrons. The summed E-state index contributed by atoms with van der Waals surface area (Å²) in [7, 11) is 0. The normalized spacial score (nSPS) is 30.1. The van der Waals surface area contributed by atoms with Gasteiger partial charge >= 0.3 is 0 Å². The minimum absolute atomic E-state index is 0.0495. The molecule has 2 fully saturated rings. The Morgan fingerprint density at radius 3 is 2.90 bits per heavy atom. The molecule has 0 spiro atoms. The zero-order valence-electron chi connectivity index (χ0n) is 12.2. The van der Waals surface area contributed by atoms with Crippen LogP contribution in [-0.2, 0) is 6.54 Å². The smallest absolute Gasteiger partial charge is 0.289 e. The van der Waals surface area contributed by atoms with Crippen molar-refractivity contribution >= 4 is 5.91 Å². The van der Waals surface area contributed by atoms with E-state index in [1.54, 1.807) is 12.1 Å². The highest BCUT2D eigenvalue weighted by Crippen LogP contribution is 2.39. The predicted molar refractivity (Wildman–Crippen MR) is 77.2 cm³/mol. The fourth-order valence-corrected chi connectivity index (χ4v) is 3.91. The monoisotopic (exact) mass is 276 g/mol. The van der Waals surface area contributed by atoms with Crippen LogP contribution in [0, 0.1) is 11.8 Å². The number of fused-ring (bicyclic) bond motifs is 1. The molecule has 1 amide bonds. The lowest BCUT2D eigenvalue weighted by Crippen LogP contribution is -2.52. The van der Waals surface area contributed by atoms with E-state index in [4.69, 9.17) is 10.2 Å². The molecule has 1 aromatic heterocycles. The maximum Gasteiger partial charge on any atom is 0.289 e. The van der Waals surface area contributed by atoms with Gasteiger partial charge in [-0.05, 0) is 43.2 Å². The van der Waals surface area contributed by atoms with E-state index in [2.05, 4.69) is 11.8 Å². The third kappa shape index (κ3) is 2.37. The summed E-state index contributed by atoms with van der Waals surface area (Å²) in [6.07, 6.45) is 6.07. The van der Waals surface area contributed by atoms with Crippen molar-refractivity contribution in [3.8, 4) is 0 Å². The summed E-state index contributed by atoms with van der Waals surface area (Å²) in [6, 6.07) is 3.98. The zero-order valence-corrected chi connectivity index (χ0v) is 12.2. The number of nitrogens with zero attached hydrogens (tertiary/aromatic N) is 1. The van der Waals surface area contributed by atoms with Gasteiger partial charge in [0.1, 0.15) is 5.76 Å². The minimum Gasteiger partial charge on any atom is -0.455 e. The maximum absolute atomic E-state index is 12.7. The summed E-state index contributed by atoms with van der Waals surface area (Å²) >= 11 is 0. The molecule has 3 unspecified atom stereocenters. The molecule has 4 heteroatoms. The number of nitrogens with two attached hydrogens (primary N) is 1. The SMILES string of the molecule is CC1CCN(C(=O)c2ccc(CN)o2)C2CCCCC12. The average Bonchev–Trinajstić information content (AvgIpc) is 2.96. The van der Waals surface area contributed by atoms with Crippen molar-refractivity contribution < 1.29 is 9.21 Å². The molecule has 1 aliphatic carbocycles. The first kappa shape index (κ1) is 13.7. The highest BCUT2D eigenvalue weighted by atomic mass is 16.4. The molecule has 20 heavy (non-hydrogen) atoms. The highest BCUT2D eigenvalue weighted by Gasteiger charge is 2.40. The molecular weight excluding hydrogens is 252 g/mol. The first-order chi connectivity index (χ1) is 9.70. The molecule has 2 N–H and O–H groups in total. The number of hydrogen-bond donors (Lipinski definition) is 1. The van der Waals surface area contributed by atoms with Gasteiger partial charge in [-0.25, -0.2) is 0 Å². The second-order valence-electron chi connectivity index (χ2n) is 6.25. The number of piperidine rings is 1. The Kier molecular flexibility index (Phi) is 3.83. The molecule has 0 aromatic carbocycles. The first-order valence-electron chi connectivity index (χ1n) is 7.80. The number of carbonyl (C=O) groups is 1. The molecule has 1 saturated heterocycles. The minimum atomic E-state index is 0.0495. The molecule has 2 heterocycles. The molecule has 0 radical (unpaired) electrons. The van der Waals surface area contributed by atoms with Gasteiger partial charge in [0, 0.05) is 12.6 Å². The van der Waals surface area contributed by atoms with E-state index < -0.39 is 0 Å². The standard InChI is InChI=1S/C16H24N2O2/c1-11-8-9-18(14-5-3-2-4-13(11)14)16(19)15-7-6-12(10-17)20-15/h6-7,11,13-14H,2-5,8-10,17H2,1H3. The van der Waals surface area contributed by atoms with E-state index in [0.29, 0.717) is 30.0 Å². The Morgan fingerprint density at radius 1 is 1.35 bits per heavy atom. The van der Waals surface area contributed by atoms with Gasteiger partial charge in [0.15, 0.2) is 5.76 Å². The van der Waals surface area contributed by atoms with Crippen LogP contribution in [0.15, 0.2) is 16.5 Å². The molecule has 3 atom stereocenters. The van der Waals surface area contributed by atoms with Crippen molar-refractivity contribution in [2.75, 3.05) is 6.54 Å². The molecule has 4 nitrogen and oxygen atoms in total. The lowest BCUT2D eigenvalue weighted by molar-refractivity contribution is 0.0193. The van der Waals surface area contributed by atoms with Crippen LogP contribution < -0.4 is 5.73 Å². The van der Waals surface area contributed by atoms with Crippen molar-refractivity contribution in [1.29, 1.82) is 0 Å². The van der Waals surface area contributed by atoms with Crippen LogP contribution in [0.1, 0.15) is 55.3 Å². The van der Waals surface area contributed by atoms with Gasteiger partial charge < -0.3 is 15.1 Å². The van der Waals surface area contributed by atoms with E-state index in [1.165, 1.54) is 19.3 Å². The maximum atomic E-state index is 12.7. The lowest BCUT2D eigenvalue weighted by atomic mass is 9.72. The van der Waals surface area contributed by atoms with Gasteiger partial charge in [-0.1, -0.05) is 19.8 Å². The third-order valence-corrected chi connectivity index (χ3v) is 5.07. The zero-order chi connectivity index (χ0) is 14.1. The summed E-state index contributed by atoms with van der Waals surface area (Å²) in [5.41, 5.74) is 5.55. The van der Waals surface area contributed by atoms with Gasteiger partial charge in [0.2, 0.25) is 0 Å². The second kappa shape index (κ2) is 5.60. The number of amides is 1. The van der Waals surface area contributed by atoms with Crippen LogP contribution in [0.3, 0.4) is 0 Å². The Morgan fingerprint density at radius 2 is 2.15 bits per heavy atom. The van der Waals surface area contributed by atoms with Gasteiger partial charge in [-0.3, -0.25) is 4.79 Å². The fraction of sp³-hybridized carbons (Fsp3) is 0.688. The van der Waals surface area contributed by atoms with Crippen LogP contribution in [0.4, 0.5) is 0 Å². The largest absolute Gasteiger partial charge is 0.455 e. The van der Waals surface area contributed by atoms with E-state index >= 15 is 0 Å². The van der Waals surface area contributed by atoms with Crippen molar-refractivity contribution in [2.45, 2.75) is 51.6 Å². The Balaban J connectivity index is 1.79. The molecule has 2 aliphatic rings. The Bertz CT molecular complexity index is 483. The number of rotatable bonds is 2. The second-order valence-corrected chi connectivity index (χ2v) is 6.25. The molecular formula is C16H24N2O2. The number of hydrogen-bond acceptors (Lipinski definition) is 3. The summed E-state index contributed by atoms with van der Waals surface area (Å²) in [5, 5.41) is 0. The average molecular weight is 276 g/mol. The van der Waals surface area contributed by atoms with Crippen molar-refractivity contribution in [1.82, 2.24) is 4.90 Å². The number of furan rings is 1. The van der Waals surface area contributed by atoms with E-state index in [9.17, 15) is 4.79 Å². The van der Waals surface area contributed by atoms with Crippen molar-refractivity contribution in [3.63, 3.8) is 0 Å². The summed E-state index contributed by atoms with van der Waals surface area (Å²) in [5.74, 6) is 2.59. The van der Waals surface area contributed by atoms with E-state index in [1.807, 2.05) is 0 Å². The number of carbonyl (C=O) groups excluding carboxylic acids is 1. The predicted octanol–water partition coefficient (Wildman–Crippen LogP) is 2.78. The summed E-state index contributed by atoms with van der Waals surface area (Å²) in [6.45, 7) is 3.54. The lowest BCUT2D eigenvalue weighted by Gasteiger charge is -2.47. The van der Waals surface area contributed by atoms with Crippen LogP contribution in [0.25, 0.3) is 0 Å². The van der Waals surface area contributed by atoms with Crippen LogP contribution >= 0.6 is 0 Å². The quantitative estimate of drug-likeness (QED) is 0.903. The number of likely N-dealkylation sites (tertiary alicyclic amines) is 1. The van der Waals surface area contributed by atoms with Gasteiger partial charge in [0.25, 0.3) is 5.91 Å². The van der Waals surface area contributed by atoms with E-state index in [-0.39, 0.29) is 5.91 Å². The van der Waals surface area contributed by atoms with E-state index in [0.717, 1.165) is 25.3 Å². The Labute approximate surface area is 120 Å². The Hall–Kier alpha value is -1.29. The summed E-state index contributed by atoms with van der Waals surface area (Å²) in [4.78, 5) is 14.7. The van der Waals surface area contributed by atoms with Crippen molar-refractivity contribution in [3.05, 3.63) is 23.7 Å². The molecule has 1 aliphatic heterocycles. The molecule has 3 rings (SSSR count). The highest BCUT2D eigenvalue weighted by molar-refractivity contribution is 5.91. The third-order valence-electron chi connectivity index (χ3n) is 5.07. The molecule has 1 saturated carbocycles. The topological polar surface area (TPSA) is 59.5 Å². The van der Waals surface area contributed by atoms with Crippen LogP contribution in [0.5, 0.6) is 0 Å². The first-order valence-corrected chi connectivity index (χ1v) is 7.80. The molecule has 0 bridgehead atoms. The van der Waals surface area contributed by atoms with Crippen LogP contribution in [0.2, 0.25) is 0 Å². The fourth-order valence-electron chi connectivity index (χ4n) is 3.91. The van der Waals surface area contributed by atoms with Gasteiger partial charge in [-0.15, -0.1) is 0 Å². The van der Waals surface area contributed by atoms with Gasteiger partial charge in [-0.2, -0.15) is 0 Å². The summed E-state index contributed by atoms with van der Waals surface area (Å²) < 4.78 is 5.54.